The van der Waals surface area contributed by atoms with Gasteiger partial charge in [0.2, 0.25) is 0 Å². The topological polar surface area (TPSA) is 94.6 Å². The third kappa shape index (κ3) is 5.86. The lowest BCUT2D eigenvalue weighted by atomic mass is 10.0. The molecule has 0 aliphatic heterocycles. The van der Waals surface area contributed by atoms with Crippen molar-refractivity contribution >= 4 is 45.5 Å². The van der Waals surface area contributed by atoms with Crippen LogP contribution < -0.4 is 5.32 Å². The molecule has 0 fully saturated rings. The number of nitrogens with zero attached hydrogens (tertiary/aromatic N) is 1. The van der Waals surface area contributed by atoms with Crippen LogP contribution in [0, 0.1) is 12.8 Å². The predicted octanol–water partition coefficient (Wildman–Crippen LogP) is 3.68. The Bertz CT molecular complexity index is 826. The fraction of sp³-hybridized carbons (Fsp3) is 0.444. The Kier molecular flexibility index (Phi) is 7.49. The first-order valence-electron chi connectivity index (χ1n) is 8.48. The maximum Gasteiger partial charge on any atom is 0.350 e. The summed E-state index contributed by atoms with van der Waals surface area (Å²) in [4.78, 5) is 40.7. The first-order valence-corrected chi connectivity index (χ1v) is 10.2. The molecule has 2 heterocycles. The molecule has 9 heteroatoms. The summed E-state index contributed by atoms with van der Waals surface area (Å²) in [5.41, 5.74) is 1.20. The van der Waals surface area contributed by atoms with Gasteiger partial charge in [0.15, 0.2) is 6.61 Å². The van der Waals surface area contributed by atoms with Crippen LogP contribution in [0.4, 0.5) is 5.00 Å². The second-order valence-corrected chi connectivity index (χ2v) is 8.27. The Hall–Kier alpha value is -2.26. The van der Waals surface area contributed by atoms with Gasteiger partial charge in [-0.1, -0.05) is 13.8 Å². The molecule has 1 amide bonds. The number of aromatic nitrogens is 1. The number of hydrogen-bond donors (Lipinski definition) is 1. The van der Waals surface area contributed by atoms with Crippen LogP contribution in [0.15, 0.2) is 11.6 Å². The molecule has 0 spiro atoms. The minimum atomic E-state index is -0.604. The second kappa shape index (κ2) is 9.61. The lowest BCUT2D eigenvalue weighted by Gasteiger charge is -2.10. The van der Waals surface area contributed by atoms with Gasteiger partial charge in [0.25, 0.3) is 5.91 Å². The van der Waals surface area contributed by atoms with Crippen molar-refractivity contribution in [3.63, 3.8) is 0 Å². The number of hydrogen-bond acceptors (Lipinski definition) is 8. The summed E-state index contributed by atoms with van der Waals surface area (Å²) < 4.78 is 10.1. The van der Waals surface area contributed by atoms with E-state index in [2.05, 4.69) is 10.3 Å². The fourth-order valence-electron chi connectivity index (χ4n) is 2.32. The largest absolute Gasteiger partial charge is 0.462 e. The van der Waals surface area contributed by atoms with Crippen molar-refractivity contribution < 1.29 is 23.9 Å². The molecule has 0 radical (unpaired) electrons. The molecule has 2 aromatic heterocycles. The van der Waals surface area contributed by atoms with Crippen molar-refractivity contribution in [1.29, 1.82) is 0 Å². The minimum Gasteiger partial charge on any atom is -0.462 e. The van der Waals surface area contributed by atoms with Crippen LogP contribution in [0.1, 0.15) is 51.4 Å². The van der Waals surface area contributed by atoms with Crippen molar-refractivity contribution in [1.82, 2.24) is 4.98 Å². The van der Waals surface area contributed by atoms with Gasteiger partial charge in [0.05, 0.1) is 23.4 Å². The van der Waals surface area contributed by atoms with Crippen molar-refractivity contribution in [3.05, 3.63) is 32.6 Å². The average Bonchev–Trinajstić information content (AvgIpc) is 3.19. The summed E-state index contributed by atoms with van der Waals surface area (Å²) in [6, 6.07) is 0. The maximum absolute atomic E-state index is 12.3. The van der Waals surface area contributed by atoms with Crippen LogP contribution in [-0.2, 0) is 20.7 Å². The normalized spacial score (nSPS) is 10.7. The maximum atomic E-state index is 12.3. The predicted molar refractivity (Wildman–Crippen MR) is 105 cm³/mol. The lowest BCUT2D eigenvalue weighted by molar-refractivity contribution is -0.119. The van der Waals surface area contributed by atoms with Crippen LogP contribution in [0.25, 0.3) is 0 Å². The monoisotopic (exact) mass is 410 g/mol. The van der Waals surface area contributed by atoms with E-state index in [9.17, 15) is 14.4 Å². The molecule has 0 aliphatic rings. The van der Waals surface area contributed by atoms with Gasteiger partial charge in [-0.2, -0.15) is 0 Å². The summed E-state index contributed by atoms with van der Waals surface area (Å²) in [5, 5.41) is 5.63. The van der Waals surface area contributed by atoms with E-state index in [0.29, 0.717) is 27.8 Å². The molecule has 2 rings (SSSR count). The zero-order valence-electron chi connectivity index (χ0n) is 15.7. The Morgan fingerprint density at radius 3 is 2.56 bits per heavy atom. The van der Waals surface area contributed by atoms with E-state index in [1.807, 2.05) is 19.2 Å². The summed E-state index contributed by atoms with van der Waals surface area (Å²) in [7, 11) is 0. The number of rotatable bonds is 8. The first-order chi connectivity index (χ1) is 12.8. The molecule has 7 nitrogen and oxygen atoms in total. The number of ether oxygens (including phenoxy) is 2. The molecule has 0 saturated carbocycles. The highest BCUT2D eigenvalue weighted by atomic mass is 32.1. The third-order valence-electron chi connectivity index (χ3n) is 3.38. The fourth-order valence-corrected chi connectivity index (χ4v) is 3.97. The van der Waals surface area contributed by atoms with Gasteiger partial charge in [-0.3, -0.25) is 4.79 Å². The zero-order chi connectivity index (χ0) is 20.0. The van der Waals surface area contributed by atoms with Gasteiger partial charge in [-0.15, -0.1) is 22.7 Å². The van der Waals surface area contributed by atoms with Gasteiger partial charge in [0.1, 0.15) is 9.88 Å². The van der Waals surface area contributed by atoms with Crippen LogP contribution in [-0.4, -0.2) is 36.0 Å². The minimum absolute atomic E-state index is 0.245. The van der Waals surface area contributed by atoms with Crippen LogP contribution in [0.5, 0.6) is 0 Å². The Morgan fingerprint density at radius 1 is 1.22 bits per heavy atom. The third-order valence-corrected chi connectivity index (χ3v) is 5.22. The van der Waals surface area contributed by atoms with E-state index in [1.54, 1.807) is 13.8 Å². The van der Waals surface area contributed by atoms with E-state index in [4.69, 9.17) is 9.47 Å². The van der Waals surface area contributed by atoms with Crippen LogP contribution in [0.3, 0.4) is 0 Å². The van der Waals surface area contributed by atoms with Crippen molar-refractivity contribution in [2.45, 2.75) is 34.1 Å². The van der Waals surface area contributed by atoms with Crippen molar-refractivity contribution in [3.8, 4) is 0 Å². The molecule has 1 N–H and O–H groups in total. The van der Waals surface area contributed by atoms with Gasteiger partial charge >= 0.3 is 11.9 Å². The summed E-state index contributed by atoms with van der Waals surface area (Å²) in [6.07, 6.45) is 2.11. The quantitative estimate of drug-likeness (QED) is 0.667. The molecule has 27 heavy (non-hydrogen) atoms. The van der Waals surface area contributed by atoms with Gasteiger partial charge in [0, 0.05) is 0 Å². The second-order valence-electron chi connectivity index (χ2n) is 6.15. The molecular weight excluding hydrogens is 388 g/mol. The molecular formula is C18H22N2O5S2. The Balaban J connectivity index is 2.04. The van der Waals surface area contributed by atoms with Gasteiger partial charge < -0.3 is 14.8 Å². The first kappa shape index (κ1) is 21.0. The Labute approximate surface area is 165 Å². The highest BCUT2D eigenvalue weighted by Crippen LogP contribution is 2.31. The van der Waals surface area contributed by atoms with E-state index in [1.165, 1.54) is 28.9 Å². The summed E-state index contributed by atoms with van der Waals surface area (Å²) >= 11 is 2.45. The smallest absolute Gasteiger partial charge is 0.350 e. The van der Waals surface area contributed by atoms with Gasteiger partial charge in [-0.25, -0.2) is 14.6 Å². The average molecular weight is 411 g/mol. The molecule has 2 aromatic rings. The summed E-state index contributed by atoms with van der Waals surface area (Å²) in [5.74, 6) is -1.25. The van der Waals surface area contributed by atoms with Crippen LogP contribution >= 0.6 is 22.7 Å². The zero-order valence-corrected chi connectivity index (χ0v) is 17.3. The number of esters is 2. The van der Waals surface area contributed by atoms with E-state index < -0.39 is 24.5 Å². The lowest BCUT2D eigenvalue weighted by Crippen LogP contribution is -2.21. The number of thiophene rings is 1. The highest BCUT2D eigenvalue weighted by Gasteiger charge is 2.22. The van der Waals surface area contributed by atoms with Crippen molar-refractivity contribution in [2.75, 3.05) is 18.5 Å². The molecule has 0 unspecified atom stereocenters. The number of carbonyl (C=O) groups excluding carboxylic acids is 3. The molecule has 146 valence electrons. The summed E-state index contributed by atoms with van der Waals surface area (Å²) in [6.45, 7) is 7.39. The number of nitrogens with one attached hydrogen (secondary N) is 1. The highest BCUT2D eigenvalue weighted by molar-refractivity contribution is 7.15. The molecule has 0 aromatic carbocycles. The van der Waals surface area contributed by atoms with Gasteiger partial charge in [-0.05, 0) is 37.1 Å². The number of amides is 1. The number of aryl methyl sites for hydroxylation is 1. The van der Waals surface area contributed by atoms with E-state index in [-0.39, 0.29) is 6.61 Å². The number of anilines is 1. The van der Waals surface area contributed by atoms with E-state index >= 15 is 0 Å². The standard InChI is InChI=1S/C18H22N2O5S2/c1-5-24-18(23)15-12(6-10(2)3)9-26-16(15)20-14(21)8-25-17(22)13-7-19-11(4)27-13/h7,9-10H,5-6,8H2,1-4H3,(H,20,21). The Morgan fingerprint density at radius 2 is 1.96 bits per heavy atom. The van der Waals surface area contributed by atoms with E-state index in [0.717, 1.165) is 10.6 Å². The molecule has 0 aliphatic carbocycles. The number of thiazole rings is 1. The SMILES string of the molecule is CCOC(=O)c1c(CC(C)C)csc1NC(=O)COC(=O)c1cnc(C)s1. The molecule has 0 saturated heterocycles. The van der Waals surface area contributed by atoms with Crippen molar-refractivity contribution in [2.24, 2.45) is 5.92 Å². The molecule has 0 atom stereocenters. The van der Waals surface area contributed by atoms with Crippen LogP contribution in [0.2, 0.25) is 0 Å². The molecule has 0 bridgehead atoms. The number of carbonyl (C=O) groups is 3.